The van der Waals surface area contributed by atoms with E-state index in [4.69, 9.17) is 4.74 Å². The monoisotopic (exact) mass is 226 g/mol. The molecule has 1 rings (SSSR count). The molecule has 0 saturated carbocycles. The van der Waals surface area contributed by atoms with Gasteiger partial charge in [-0.05, 0) is 38.3 Å². The van der Waals surface area contributed by atoms with Crippen molar-refractivity contribution in [2.45, 2.75) is 32.3 Å². The SMILES string of the molecule is COc1cc(O)c(CCC(C)(C)O)cc1O. The van der Waals surface area contributed by atoms with Gasteiger partial charge >= 0.3 is 0 Å². The first-order chi connectivity index (χ1) is 7.33. The van der Waals surface area contributed by atoms with Crippen LogP contribution in [-0.4, -0.2) is 28.0 Å². The first-order valence-electron chi connectivity index (χ1n) is 5.15. The molecule has 1 aromatic carbocycles. The zero-order valence-corrected chi connectivity index (χ0v) is 9.82. The predicted octanol–water partition coefficient (Wildman–Crippen LogP) is 1.81. The lowest BCUT2D eigenvalue weighted by atomic mass is 9.98. The minimum atomic E-state index is -0.790. The first-order valence-corrected chi connectivity index (χ1v) is 5.15. The molecule has 0 heterocycles. The summed E-state index contributed by atoms with van der Waals surface area (Å²) >= 11 is 0. The van der Waals surface area contributed by atoms with Crippen LogP contribution in [0.3, 0.4) is 0 Å². The summed E-state index contributed by atoms with van der Waals surface area (Å²) in [5.41, 5.74) is -0.192. The number of aliphatic hydroxyl groups is 1. The average molecular weight is 226 g/mol. The standard InChI is InChI=1S/C12H18O4/c1-12(2,15)5-4-8-6-10(14)11(16-3)7-9(8)13/h6-7,13-15H,4-5H2,1-3H3. The molecule has 0 amide bonds. The molecule has 0 saturated heterocycles. The van der Waals surface area contributed by atoms with Gasteiger partial charge < -0.3 is 20.1 Å². The van der Waals surface area contributed by atoms with Crippen molar-refractivity contribution in [3.8, 4) is 17.2 Å². The van der Waals surface area contributed by atoms with Crippen molar-refractivity contribution >= 4 is 0 Å². The van der Waals surface area contributed by atoms with E-state index in [0.29, 0.717) is 18.4 Å². The average Bonchev–Trinajstić information content (AvgIpc) is 2.17. The van der Waals surface area contributed by atoms with E-state index in [-0.39, 0.29) is 17.2 Å². The van der Waals surface area contributed by atoms with E-state index < -0.39 is 5.60 Å². The molecule has 90 valence electrons. The van der Waals surface area contributed by atoms with Gasteiger partial charge in [-0.25, -0.2) is 0 Å². The third-order valence-corrected chi connectivity index (χ3v) is 2.39. The summed E-state index contributed by atoms with van der Waals surface area (Å²) in [6, 6.07) is 2.83. The smallest absolute Gasteiger partial charge is 0.164 e. The zero-order valence-electron chi connectivity index (χ0n) is 9.82. The van der Waals surface area contributed by atoms with Crippen LogP contribution in [0.2, 0.25) is 0 Å². The van der Waals surface area contributed by atoms with Crippen molar-refractivity contribution < 1.29 is 20.1 Å². The fourth-order valence-corrected chi connectivity index (χ4v) is 1.41. The van der Waals surface area contributed by atoms with Crippen molar-refractivity contribution in [1.29, 1.82) is 0 Å². The van der Waals surface area contributed by atoms with E-state index in [1.54, 1.807) is 13.8 Å². The molecular formula is C12H18O4. The molecule has 0 aliphatic heterocycles. The molecular weight excluding hydrogens is 208 g/mol. The molecule has 0 unspecified atom stereocenters. The number of ether oxygens (including phenoxy) is 1. The maximum atomic E-state index is 9.67. The highest BCUT2D eigenvalue weighted by Gasteiger charge is 2.15. The third-order valence-electron chi connectivity index (χ3n) is 2.39. The van der Waals surface area contributed by atoms with Gasteiger partial charge in [-0.15, -0.1) is 0 Å². The van der Waals surface area contributed by atoms with Crippen LogP contribution in [0.15, 0.2) is 12.1 Å². The van der Waals surface area contributed by atoms with Gasteiger partial charge in [-0.2, -0.15) is 0 Å². The van der Waals surface area contributed by atoms with Crippen LogP contribution in [0.1, 0.15) is 25.8 Å². The second kappa shape index (κ2) is 4.61. The number of hydrogen-bond acceptors (Lipinski definition) is 4. The molecule has 16 heavy (non-hydrogen) atoms. The fraction of sp³-hybridized carbons (Fsp3) is 0.500. The molecule has 0 fully saturated rings. The Morgan fingerprint density at radius 2 is 1.81 bits per heavy atom. The molecule has 4 nitrogen and oxygen atoms in total. The summed E-state index contributed by atoms with van der Waals surface area (Å²) in [5.74, 6) is 0.300. The Balaban J connectivity index is 2.86. The molecule has 0 radical (unpaired) electrons. The largest absolute Gasteiger partial charge is 0.508 e. The minimum Gasteiger partial charge on any atom is -0.508 e. The lowest BCUT2D eigenvalue weighted by Crippen LogP contribution is -2.19. The van der Waals surface area contributed by atoms with Crippen LogP contribution in [0.4, 0.5) is 0 Å². The Morgan fingerprint density at radius 3 is 2.31 bits per heavy atom. The van der Waals surface area contributed by atoms with Gasteiger partial charge in [-0.1, -0.05) is 0 Å². The van der Waals surface area contributed by atoms with E-state index in [0.717, 1.165) is 0 Å². The molecule has 4 heteroatoms. The van der Waals surface area contributed by atoms with Crippen LogP contribution >= 0.6 is 0 Å². The summed E-state index contributed by atoms with van der Waals surface area (Å²) in [6.07, 6.45) is 0.999. The number of hydrogen-bond donors (Lipinski definition) is 3. The number of benzene rings is 1. The summed E-state index contributed by atoms with van der Waals surface area (Å²) < 4.78 is 4.87. The molecule has 0 spiro atoms. The number of phenolic OH excluding ortho intramolecular Hbond substituents is 2. The molecule has 3 N–H and O–H groups in total. The second-order valence-corrected chi connectivity index (χ2v) is 4.47. The molecule has 0 atom stereocenters. The van der Waals surface area contributed by atoms with Crippen LogP contribution in [0.5, 0.6) is 17.2 Å². The molecule has 0 bridgehead atoms. The highest BCUT2D eigenvalue weighted by molar-refractivity contribution is 5.49. The summed E-state index contributed by atoms with van der Waals surface area (Å²) in [5, 5.41) is 28.8. The molecule has 0 aromatic heterocycles. The lowest BCUT2D eigenvalue weighted by Gasteiger charge is -2.17. The van der Waals surface area contributed by atoms with Gasteiger partial charge in [0, 0.05) is 6.07 Å². The lowest BCUT2D eigenvalue weighted by molar-refractivity contribution is 0.0712. The van der Waals surface area contributed by atoms with Crippen molar-refractivity contribution in [3.05, 3.63) is 17.7 Å². The van der Waals surface area contributed by atoms with E-state index >= 15 is 0 Å². The first kappa shape index (κ1) is 12.6. The van der Waals surface area contributed by atoms with Crippen molar-refractivity contribution in [1.82, 2.24) is 0 Å². The number of aryl methyl sites for hydroxylation is 1. The van der Waals surface area contributed by atoms with Crippen molar-refractivity contribution in [2.24, 2.45) is 0 Å². The minimum absolute atomic E-state index is 0.00829. The van der Waals surface area contributed by atoms with Crippen LogP contribution < -0.4 is 4.74 Å². The van der Waals surface area contributed by atoms with Gasteiger partial charge in [0.2, 0.25) is 0 Å². The van der Waals surface area contributed by atoms with E-state index in [9.17, 15) is 15.3 Å². The Kier molecular flexibility index (Phi) is 3.65. The summed E-state index contributed by atoms with van der Waals surface area (Å²) in [6.45, 7) is 3.40. The van der Waals surface area contributed by atoms with E-state index in [1.165, 1.54) is 19.2 Å². The van der Waals surface area contributed by atoms with Crippen LogP contribution in [0, 0.1) is 0 Å². The maximum absolute atomic E-state index is 9.67. The fourth-order valence-electron chi connectivity index (χ4n) is 1.41. The highest BCUT2D eigenvalue weighted by atomic mass is 16.5. The van der Waals surface area contributed by atoms with Gasteiger partial charge in [0.25, 0.3) is 0 Å². The molecule has 0 aliphatic rings. The Bertz CT molecular complexity index is 366. The quantitative estimate of drug-likeness (QED) is 0.685. The topological polar surface area (TPSA) is 69.9 Å². The molecule has 0 aliphatic carbocycles. The van der Waals surface area contributed by atoms with E-state index in [2.05, 4.69) is 0 Å². The second-order valence-electron chi connectivity index (χ2n) is 4.47. The number of aromatic hydroxyl groups is 2. The van der Waals surface area contributed by atoms with Gasteiger partial charge in [0.05, 0.1) is 12.7 Å². The third kappa shape index (κ3) is 3.31. The Hall–Kier alpha value is -1.42. The zero-order chi connectivity index (χ0) is 12.3. The van der Waals surface area contributed by atoms with Crippen LogP contribution in [-0.2, 0) is 6.42 Å². The number of methoxy groups -OCH3 is 1. The van der Waals surface area contributed by atoms with Crippen LogP contribution in [0.25, 0.3) is 0 Å². The van der Waals surface area contributed by atoms with Crippen molar-refractivity contribution in [3.63, 3.8) is 0 Å². The maximum Gasteiger partial charge on any atom is 0.164 e. The molecule has 1 aromatic rings. The highest BCUT2D eigenvalue weighted by Crippen LogP contribution is 2.34. The number of rotatable bonds is 4. The van der Waals surface area contributed by atoms with Gasteiger partial charge in [-0.3, -0.25) is 0 Å². The Labute approximate surface area is 95.1 Å². The predicted molar refractivity (Wildman–Crippen MR) is 60.9 cm³/mol. The van der Waals surface area contributed by atoms with E-state index in [1.807, 2.05) is 0 Å². The Morgan fingerprint density at radius 1 is 1.19 bits per heavy atom. The summed E-state index contributed by atoms with van der Waals surface area (Å²) in [7, 11) is 1.42. The van der Waals surface area contributed by atoms with Gasteiger partial charge in [0.1, 0.15) is 5.75 Å². The van der Waals surface area contributed by atoms with Crippen molar-refractivity contribution in [2.75, 3.05) is 7.11 Å². The van der Waals surface area contributed by atoms with Gasteiger partial charge in [0.15, 0.2) is 11.5 Å². The summed E-state index contributed by atoms with van der Waals surface area (Å²) in [4.78, 5) is 0. The number of phenols is 2. The normalized spacial score (nSPS) is 11.5.